The molecule has 1 atom stereocenters. The minimum atomic E-state index is -0.328. The first-order valence-electron chi connectivity index (χ1n) is 8.79. The van der Waals surface area contributed by atoms with E-state index in [1.165, 1.54) is 17.3 Å². The molecule has 3 rings (SSSR count). The maximum Gasteiger partial charge on any atom is 0.237 e. The molecule has 0 aliphatic carbocycles. The Morgan fingerprint density at radius 1 is 1.15 bits per heavy atom. The molecule has 1 heterocycles. The Bertz CT molecular complexity index is 916. The highest BCUT2D eigenvalue weighted by Crippen LogP contribution is 2.25. The molecule has 140 valence electrons. The van der Waals surface area contributed by atoms with Crippen LogP contribution >= 0.6 is 11.8 Å². The highest BCUT2D eigenvalue weighted by atomic mass is 32.2. The summed E-state index contributed by atoms with van der Waals surface area (Å²) in [5.74, 6) is -0.0654. The van der Waals surface area contributed by atoms with Crippen molar-refractivity contribution < 1.29 is 4.79 Å². The molecule has 6 nitrogen and oxygen atoms in total. The molecule has 1 unspecified atom stereocenters. The summed E-state index contributed by atoms with van der Waals surface area (Å²) in [7, 11) is 0. The van der Waals surface area contributed by atoms with E-state index in [2.05, 4.69) is 39.9 Å². The molecule has 1 N–H and O–H groups in total. The number of hydrogen-bond donors (Lipinski definition) is 1. The van der Waals surface area contributed by atoms with Crippen LogP contribution in [0.15, 0.2) is 47.6 Å². The fourth-order valence-electron chi connectivity index (χ4n) is 2.95. The number of benzene rings is 2. The number of thioether (sulfide) groups is 1. The van der Waals surface area contributed by atoms with Gasteiger partial charge in [-0.2, -0.15) is 0 Å². The predicted octanol–water partition coefficient (Wildman–Crippen LogP) is 3.77. The molecule has 0 radical (unpaired) electrons. The number of carbonyl (C=O) groups excluding carboxylic acids is 1. The summed E-state index contributed by atoms with van der Waals surface area (Å²) in [5.41, 5.74) is 5.29. The van der Waals surface area contributed by atoms with Crippen molar-refractivity contribution in [2.45, 2.75) is 44.6 Å². The van der Waals surface area contributed by atoms with Crippen molar-refractivity contribution in [3.05, 3.63) is 64.7 Å². The zero-order valence-corrected chi connectivity index (χ0v) is 16.7. The van der Waals surface area contributed by atoms with E-state index in [9.17, 15) is 4.79 Å². The van der Waals surface area contributed by atoms with E-state index in [0.717, 1.165) is 22.4 Å². The van der Waals surface area contributed by atoms with Gasteiger partial charge >= 0.3 is 0 Å². The molecular formula is C20H23N5OS. The van der Waals surface area contributed by atoms with Crippen molar-refractivity contribution in [2.75, 3.05) is 5.32 Å². The fraction of sp³-hybridized carbons (Fsp3) is 0.300. The molecule has 3 aromatic rings. The third-order valence-corrected chi connectivity index (χ3v) is 5.32. The van der Waals surface area contributed by atoms with Gasteiger partial charge in [-0.15, -0.1) is 5.10 Å². The van der Waals surface area contributed by atoms with Crippen molar-refractivity contribution in [3.63, 3.8) is 0 Å². The SMILES string of the molecule is Cc1cc(C)c(NC(=O)C(C)Sc2nnnn2Cc2ccccc2)c(C)c1. The molecule has 27 heavy (non-hydrogen) atoms. The second-order valence-corrected chi connectivity index (χ2v) is 7.94. The molecule has 0 saturated heterocycles. The Balaban J connectivity index is 1.68. The molecular weight excluding hydrogens is 358 g/mol. The lowest BCUT2D eigenvalue weighted by Gasteiger charge is -2.16. The second-order valence-electron chi connectivity index (χ2n) is 6.63. The van der Waals surface area contributed by atoms with Crippen molar-refractivity contribution >= 4 is 23.4 Å². The van der Waals surface area contributed by atoms with Gasteiger partial charge in [0.2, 0.25) is 11.1 Å². The van der Waals surface area contributed by atoms with Gasteiger partial charge in [0.25, 0.3) is 0 Å². The standard InChI is InChI=1S/C20H23N5OS/c1-13-10-14(2)18(15(3)11-13)21-19(26)16(4)27-20-22-23-24-25(20)12-17-8-6-5-7-9-17/h5-11,16H,12H2,1-4H3,(H,21,26). The first kappa shape index (κ1) is 19.1. The molecule has 0 aliphatic heterocycles. The third-order valence-electron chi connectivity index (χ3n) is 4.25. The van der Waals surface area contributed by atoms with Gasteiger partial charge in [-0.25, -0.2) is 4.68 Å². The minimum absolute atomic E-state index is 0.0654. The Kier molecular flexibility index (Phi) is 5.91. The van der Waals surface area contributed by atoms with E-state index in [1.807, 2.05) is 51.1 Å². The van der Waals surface area contributed by atoms with Gasteiger partial charge in [-0.1, -0.05) is 59.8 Å². The van der Waals surface area contributed by atoms with Crippen LogP contribution in [0.25, 0.3) is 0 Å². The minimum Gasteiger partial charge on any atom is -0.325 e. The molecule has 0 aliphatic rings. The van der Waals surface area contributed by atoms with Gasteiger partial charge < -0.3 is 5.32 Å². The van der Waals surface area contributed by atoms with E-state index in [-0.39, 0.29) is 11.2 Å². The Morgan fingerprint density at radius 2 is 1.81 bits per heavy atom. The molecule has 1 aromatic heterocycles. The number of rotatable bonds is 6. The van der Waals surface area contributed by atoms with Gasteiger partial charge in [-0.05, 0) is 54.8 Å². The molecule has 1 amide bonds. The van der Waals surface area contributed by atoms with Crippen molar-refractivity contribution in [1.82, 2.24) is 20.2 Å². The summed E-state index contributed by atoms with van der Waals surface area (Å²) in [6, 6.07) is 14.1. The normalized spacial score (nSPS) is 12.0. The van der Waals surface area contributed by atoms with E-state index >= 15 is 0 Å². The van der Waals surface area contributed by atoms with Crippen LogP contribution in [-0.4, -0.2) is 31.4 Å². The summed E-state index contributed by atoms with van der Waals surface area (Å²) in [6.07, 6.45) is 0. The van der Waals surface area contributed by atoms with Crippen LogP contribution in [0.1, 0.15) is 29.2 Å². The van der Waals surface area contributed by atoms with Gasteiger partial charge in [0, 0.05) is 5.69 Å². The van der Waals surface area contributed by atoms with Crippen molar-refractivity contribution in [2.24, 2.45) is 0 Å². The van der Waals surface area contributed by atoms with Crippen molar-refractivity contribution in [3.8, 4) is 0 Å². The summed E-state index contributed by atoms with van der Waals surface area (Å²) in [6.45, 7) is 8.50. The number of aromatic nitrogens is 4. The highest BCUT2D eigenvalue weighted by molar-refractivity contribution is 8.00. The molecule has 2 aromatic carbocycles. The zero-order chi connectivity index (χ0) is 19.4. The number of nitrogens with zero attached hydrogens (tertiary/aromatic N) is 4. The van der Waals surface area contributed by atoms with Crippen LogP contribution in [0.4, 0.5) is 5.69 Å². The van der Waals surface area contributed by atoms with Gasteiger partial charge in [0.05, 0.1) is 11.8 Å². The summed E-state index contributed by atoms with van der Waals surface area (Å²) >= 11 is 1.35. The predicted molar refractivity (Wildman–Crippen MR) is 108 cm³/mol. The maximum atomic E-state index is 12.7. The van der Waals surface area contributed by atoms with Crippen LogP contribution in [-0.2, 0) is 11.3 Å². The van der Waals surface area contributed by atoms with E-state index in [4.69, 9.17) is 0 Å². The number of aryl methyl sites for hydroxylation is 3. The fourth-order valence-corrected chi connectivity index (χ4v) is 3.74. The molecule has 0 spiro atoms. The average molecular weight is 382 g/mol. The second kappa shape index (κ2) is 8.35. The quantitative estimate of drug-likeness (QED) is 0.658. The summed E-state index contributed by atoms with van der Waals surface area (Å²) in [4.78, 5) is 12.7. The largest absolute Gasteiger partial charge is 0.325 e. The Hall–Kier alpha value is -2.67. The van der Waals surface area contributed by atoms with E-state index in [0.29, 0.717) is 11.7 Å². The molecule has 7 heteroatoms. The summed E-state index contributed by atoms with van der Waals surface area (Å²) < 4.78 is 1.71. The number of nitrogens with one attached hydrogen (secondary N) is 1. The summed E-state index contributed by atoms with van der Waals surface area (Å²) in [5, 5.41) is 15.2. The number of amides is 1. The van der Waals surface area contributed by atoms with Crippen molar-refractivity contribution in [1.29, 1.82) is 0 Å². The van der Waals surface area contributed by atoms with Gasteiger partial charge in [0.15, 0.2) is 0 Å². The van der Waals surface area contributed by atoms with E-state index in [1.54, 1.807) is 4.68 Å². The first-order chi connectivity index (χ1) is 12.9. The molecule has 0 bridgehead atoms. The van der Waals surface area contributed by atoms with Gasteiger partial charge in [0.1, 0.15) is 0 Å². The van der Waals surface area contributed by atoms with Crippen LogP contribution in [0.2, 0.25) is 0 Å². The maximum absolute atomic E-state index is 12.7. The smallest absolute Gasteiger partial charge is 0.237 e. The lowest BCUT2D eigenvalue weighted by molar-refractivity contribution is -0.115. The average Bonchev–Trinajstić information content (AvgIpc) is 3.05. The zero-order valence-electron chi connectivity index (χ0n) is 15.9. The third kappa shape index (κ3) is 4.74. The van der Waals surface area contributed by atoms with Crippen LogP contribution in [0.5, 0.6) is 0 Å². The topological polar surface area (TPSA) is 72.7 Å². The lowest BCUT2D eigenvalue weighted by atomic mass is 10.1. The van der Waals surface area contributed by atoms with E-state index < -0.39 is 0 Å². The Labute approximate surface area is 163 Å². The number of carbonyl (C=O) groups is 1. The Morgan fingerprint density at radius 3 is 2.48 bits per heavy atom. The van der Waals surface area contributed by atoms with Crippen LogP contribution in [0.3, 0.4) is 0 Å². The van der Waals surface area contributed by atoms with Gasteiger partial charge in [-0.3, -0.25) is 4.79 Å². The molecule has 0 saturated carbocycles. The van der Waals surface area contributed by atoms with Crippen LogP contribution < -0.4 is 5.32 Å². The number of tetrazole rings is 1. The molecule has 0 fully saturated rings. The lowest BCUT2D eigenvalue weighted by Crippen LogP contribution is -2.24. The number of anilines is 1. The monoisotopic (exact) mass is 381 g/mol. The van der Waals surface area contributed by atoms with Crippen LogP contribution in [0, 0.1) is 20.8 Å². The first-order valence-corrected chi connectivity index (χ1v) is 9.67. The highest BCUT2D eigenvalue weighted by Gasteiger charge is 2.20. The number of hydrogen-bond acceptors (Lipinski definition) is 5.